The van der Waals surface area contributed by atoms with Crippen molar-refractivity contribution in [1.82, 2.24) is 5.32 Å². The van der Waals surface area contributed by atoms with Crippen LogP contribution >= 0.6 is 12.4 Å². The second kappa shape index (κ2) is 8.81. The van der Waals surface area contributed by atoms with E-state index < -0.39 is 11.0 Å². The van der Waals surface area contributed by atoms with Crippen molar-refractivity contribution in [3.05, 3.63) is 39.9 Å². The zero-order valence-electron chi connectivity index (χ0n) is 12.9. The number of nitrogens with one attached hydrogen (secondary N) is 1. The number of ether oxygens (including phenoxy) is 1. The van der Waals surface area contributed by atoms with E-state index in [0.29, 0.717) is 18.8 Å². The third kappa shape index (κ3) is 5.16. The molecule has 1 aromatic carbocycles. The number of hydrogen-bond donors (Lipinski definition) is 2. The topological polar surface area (TPSA) is 107 Å². The summed E-state index contributed by atoms with van der Waals surface area (Å²) in [5, 5.41) is 13.6. The highest BCUT2D eigenvalue weighted by molar-refractivity contribution is 5.85. The van der Waals surface area contributed by atoms with Crippen LogP contribution in [0.2, 0.25) is 0 Å². The quantitative estimate of drug-likeness (QED) is 0.627. The molecule has 2 rings (SSSR count). The molecule has 3 N–H and O–H groups in total. The van der Waals surface area contributed by atoms with Crippen LogP contribution in [0.4, 0.5) is 5.69 Å². The van der Waals surface area contributed by atoms with Gasteiger partial charge in [-0.3, -0.25) is 14.9 Å². The number of halogens is 1. The molecular formula is C15H22ClN3O4. The molecular weight excluding hydrogens is 322 g/mol. The fraction of sp³-hybridized carbons (Fsp3) is 0.533. The number of nitro benzene ring substituents is 1. The van der Waals surface area contributed by atoms with Crippen LogP contribution in [-0.2, 0) is 9.53 Å². The first kappa shape index (κ1) is 19.3. The Morgan fingerprint density at radius 3 is 2.70 bits per heavy atom. The van der Waals surface area contributed by atoms with Gasteiger partial charge in [0.2, 0.25) is 5.91 Å². The summed E-state index contributed by atoms with van der Waals surface area (Å²) in [6.07, 6.45) is 1.56. The second-order valence-corrected chi connectivity index (χ2v) is 5.56. The first-order valence-corrected chi connectivity index (χ1v) is 7.37. The number of carbonyl (C=O) groups excluding carboxylic acids is 1. The highest BCUT2D eigenvalue weighted by Gasteiger charge is 2.27. The van der Waals surface area contributed by atoms with E-state index in [2.05, 4.69) is 5.32 Å². The van der Waals surface area contributed by atoms with Crippen molar-refractivity contribution >= 4 is 24.0 Å². The van der Waals surface area contributed by atoms with Crippen molar-refractivity contribution in [3.63, 3.8) is 0 Å². The van der Waals surface area contributed by atoms with Gasteiger partial charge in [0, 0.05) is 25.3 Å². The van der Waals surface area contributed by atoms with Crippen molar-refractivity contribution in [2.75, 3.05) is 13.2 Å². The van der Waals surface area contributed by atoms with Gasteiger partial charge in [-0.25, -0.2) is 0 Å². The SMILES string of the molecule is CC(NC(=O)C(N)C1CCOCC1)c1cccc([N+](=O)[O-])c1.Cl. The van der Waals surface area contributed by atoms with Gasteiger partial charge < -0.3 is 15.8 Å². The lowest BCUT2D eigenvalue weighted by molar-refractivity contribution is -0.384. The summed E-state index contributed by atoms with van der Waals surface area (Å²) in [7, 11) is 0. The molecule has 0 spiro atoms. The molecule has 1 aromatic rings. The Balaban J connectivity index is 0.00000264. The molecule has 1 aliphatic heterocycles. The summed E-state index contributed by atoms with van der Waals surface area (Å²) in [4.78, 5) is 22.6. The molecule has 1 heterocycles. The van der Waals surface area contributed by atoms with E-state index in [9.17, 15) is 14.9 Å². The third-order valence-electron chi connectivity index (χ3n) is 4.02. The van der Waals surface area contributed by atoms with Gasteiger partial charge in [0.05, 0.1) is 17.0 Å². The smallest absolute Gasteiger partial charge is 0.269 e. The molecule has 2 atom stereocenters. The highest BCUT2D eigenvalue weighted by atomic mass is 35.5. The lowest BCUT2D eigenvalue weighted by atomic mass is 9.91. The minimum absolute atomic E-state index is 0. The largest absolute Gasteiger partial charge is 0.381 e. The fourth-order valence-corrected chi connectivity index (χ4v) is 2.59. The number of amides is 1. The van der Waals surface area contributed by atoms with Crippen LogP contribution in [-0.4, -0.2) is 30.1 Å². The van der Waals surface area contributed by atoms with Crippen molar-refractivity contribution in [2.45, 2.75) is 31.8 Å². The molecule has 0 aliphatic carbocycles. The molecule has 1 aliphatic rings. The van der Waals surface area contributed by atoms with Crippen molar-refractivity contribution < 1.29 is 14.5 Å². The van der Waals surface area contributed by atoms with Gasteiger partial charge in [0.25, 0.3) is 5.69 Å². The predicted molar refractivity (Wildman–Crippen MR) is 88.4 cm³/mol. The van der Waals surface area contributed by atoms with Gasteiger partial charge in [-0.1, -0.05) is 12.1 Å². The molecule has 1 amide bonds. The van der Waals surface area contributed by atoms with E-state index in [1.807, 2.05) is 0 Å². The summed E-state index contributed by atoms with van der Waals surface area (Å²) in [6.45, 7) is 3.05. The Bertz CT molecular complexity index is 549. The average Bonchev–Trinajstić information content (AvgIpc) is 2.54. The number of nitrogens with zero attached hydrogens (tertiary/aromatic N) is 1. The van der Waals surface area contributed by atoms with Crippen molar-refractivity contribution in [3.8, 4) is 0 Å². The van der Waals surface area contributed by atoms with E-state index in [0.717, 1.165) is 12.8 Å². The number of non-ortho nitro benzene ring substituents is 1. The standard InChI is InChI=1S/C15H21N3O4.ClH/c1-10(12-3-2-4-13(9-12)18(20)21)17-15(19)14(16)11-5-7-22-8-6-11;/h2-4,9-11,14H,5-8,16H2,1H3,(H,17,19);1H. The van der Waals surface area contributed by atoms with Gasteiger partial charge in [0.15, 0.2) is 0 Å². The zero-order valence-corrected chi connectivity index (χ0v) is 13.8. The average molecular weight is 344 g/mol. The maximum Gasteiger partial charge on any atom is 0.269 e. The second-order valence-electron chi connectivity index (χ2n) is 5.56. The molecule has 7 nitrogen and oxygen atoms in total. The van der Waals surface area contributed by atoms with Crippen LogP contribution < -0.4 is 11.1 Å². The Morgan fingerprint density at radius 2 is 2.09 bits per heavy atom. The van der Waals surface area contributed by atoms with Crippen LogP contribution in [0.15, 0.2) is 24.3 Å². The molecule has 0 saturated carbocycles. The van der Waals surface area contributed by atoms with E-state index in [1.165, 1.54) is 12.1 Å². The zero-order chi connectivity index (χ0) is 16.1. The summed E-state index contributed by atoms with van der Waals surface area (Å²) < 4.78 is 5.26. The molecule has 0 aromatic heterocycles. The molecule has 2 unspecified atom stereocenters. The van der Waals surface area contributed by atoms with E-state index in [-0.39, 0.29) is 36.0 Å². The molecule has 8 heteroatoms. The molecule has 23 heavy (non-hydrogen) atoms. The van der Waals surface area contributed by atoms with E-state index in [4.69, 9.17) is 10.5 Å². The Hall–Kier alpha value is -1.70. The Morgan fingerprint density at radius 1 is 1.43 bits per heavy atom. The summed E-state index contributed by atoms with van der Waals surface area (Å²) >= 11 is 0. The summed E-state index contributed by atoms with van der Waals surface area (Å²) in [5.41, 5.74) is 6.71. The van der Waals surface area contributed by atoms with Crippen LogP contribution in [0.5, 0.6) is 0 Å². The maximum absolute atomic E-state index is 12.2. The molecule has 0 bridgehead atoms. The van der Waals surface area contributed by atoms with E-state index >= 15 is 0 Å². The van der Waals surface area contributed by atoms with Gasteiger partial charge in [-0.15, -0.1) is 12.4 Å². The number of nitro groups is 1. The number of nitrogens with two attached hydrogens (primary N) is 1. The van der Waals surface area contributed by atoms with Crippen LogP contribution in [0.1, 0.15) is 31.4 Å². The first-order valence-electron chi connectivity index (χ1n) is 7.37. The van der Waals surface area contributed by atoms with Crippen LogP contribution in [0.3, 0.4) is 0 Å². The fourth-order valence-electron chi connectivity index (χ4n) is 2.59. The molecule has 1 fully saturated rings. The Kier molecular flexibility index (Phi) is 7.41. The monoisotopic (exact) mass is 343 g/mol. The highest BCUT2D eigenvalue weighted by Crippen LogP contribution is 2.21. The lowest BCUT2D eigenvalue weighted by Gasteiger charge is -2.27. The minimum Gasteiger partial charge on any atom is -0.381 e. The molecule has 128 valence electrons. The summed E-state index contributed by atoms with van der Waals surface area (Å²) in [5.74, 6) is -0.114. The van der Waals surface area contributed by atoms with Crippen LogP contribution in [0.25, 0.3) is 0 Å². The minimum atomic E-state index is -0.579. The maximum atomic E-state index is 12.2. The van der Waals surface area contributed by atoms with Gasteiger partial charge in [0.1, 0.15) is 0 Å². The van der Waals surface area contributed by atoms with Crippen LogP contribution in [0, 0.1) is 16.0 Å². The van der Waals surface area contributed by atoms with Crippen molar-refractivity contribution in [2.24, 2.45) is 11.7 Å². The number of benzene rings is 1. The van der Waals surface area contributed by atoms with Gasteiger partial charge in [-0.2, -0.15) is 0 Å². The number of rotatable bonds is 5. The summed E-state index contributed by atoms with van der Waals surface area (Å²) in [6, 6.07) is 5.33. The predicted octanol–water partition coefficient (Wildman–Crippen LogP) is 1.95. The number of carbonyl (C=O) groups is 1. The van der Waals surface area contributed by atoms with Gasteiger partial charge >= 0.3 is 0 Å². The number of hydrogen-bond acceptors (Lipinski definition) is 5. The Labute approximate surface area is 141 Å². The lowest BCUT2D eigenvalue weighted by Crippen LogP contribution is -2.47. The normalized spacial score (nSPS) is 17.7. The first-order chi connectivity index (χ1) is 10.5. The molecule has 1 saturated heterocycles. The third-order valence-corrected chi connectivity index (χ3v) is 4.02. The van der Waals surface area contributed by atoms with Gasteiger partial charge in [-0.05, 0) is 31.2 Å². The van der Waals surface area contributed by atoms with Crippen molar-refractivity contribution in [1.29, 1.82) is 0 Å². The van der Waals surface area contributed by atoms with E-state index in [1.54, 1.807) is 19.1 Å². The molecule has 0 radical (unpaired) electrons.